The summed E-state index contributed by atoms with van der Waals surface area (Å²) in [5, 5.41) is 10.7. The first-order valence-corrected chi connectivity index (χ1v) is 4.55. The summed E-state index contributed by atoms with van der Waals surface area (Å²) in [4.78, 5) is 11.2. The van der Waals surface area contributed by atoms with Gasteiger partial charge in [-0.2, -0.15) is 0 Å². The number of aliphatic hydroxyl groups excluding tert-OH is 1. The molecular weight excluding hydrogens is 172 g/mol. The van der Waals surface area contributed by atoms with Gasteiger partial charge in [-0.3, -0.25) is 4.79 Å². The zero-order chi connectivity index (χ0) is 8.81. The summed E-state index contributed by atoms with van der Waals surface area (Å²) in [6.45, 7) is 0.155. The van der Waals surface area contributed by atoms with Crippen LogP contribution in [0.3, 0.4) is 0 Å². The number of allylic oxidation sites excluding steroid dienone is 1. The molecule has 1 N–H and O–H groups in total. The summed E-state index contributed by atoms with van der Waals surface area (Å²) in [6.07, 6.45) is 4.63. The maximum Gasteiger partial charge on any atom is 0.142 e. The van der Waals surface area contributed by atoms with Gasteiger partial charge in [-0.25, -0.2) is 0 Å². The van der Waals surface area contributed by atoms with Crippen molar-refractivity contribution in [2.75, 3.05) is 6.61 Å². The Morgan fingerprint density at radius 1 is 1.58 bits per heavy atom. The molecule has 64 valence electrons. The van der Waals surface area contributed by atoms with E-state index >= 15 is 0 Å². The van der Waals surface area contributed by atoms with E-state index in [0.29, 0.717) is 6.42 Å². The monoisotopic (exact) mass is 182 g/mol. The minimum atomic E-state index is 0.155. The Morgan fingerprint density at radius 2 is 2.42 bits per heavy atom. The Bertz CT molecular complexity index is 276. The molecule has 0 radical (unpaired) electrons. The molecule has 0 saturated carbocycles. The van der Waals surface area contributed by atoms with E-state index in [0.717, 1.165) is 16.7 Å². The number of aliphatic hydroxyl groups is 1. The van der Waals surface area contributed by atoms with Crippen molar-refractivity contribution in [2.45, 2.75) is 6.42 Å². The maximum atomic E-state index is 10.0. The molecule has 1 aromatic heterocycles. The van der Waals surface area contributed by atoms with Gasteiger partial charge >= 0.3 is 0 Å². The highest BCUT2D eigenvalue weighted by Crippen LogP contribution is 2.18. The molecule has 0 saturated heterocycles. The van der Waals surface area contributed by atoms with Crippen molar-refractivity contribution < 1.29 is 9.90 Å². The zero-order valence-electron chi connectivity index (χ0n) is 6.56. The SMILES string of the molecule is O=CC=Cc1ccsc1CCO. The summed E-state index contributed by atoms with van der Waals surface area (Å²) in [5.74, 6) is 0. The molecular formula is C9H10O2S. The van der Waals surface area contributed by atoms with Crippen LogP contribution in [0.5, 0.6) is 0 Å². The molecule has 0 bridgehead atoms. The first-order chi connectivity index (χ1) is 5.88. The molecule has 0 atom stereocenters. The zero-order valence-corrected chi connectivity index (χ0v) is 7.38. The van der Waals surface area contributed by atoms with Gasteiger partial charge in [-0.05, 0) is 23.1 Å². The van der Waals surface area contributed by atoms with Crippen LogP contribution in [0.2, 0.25) is 0 Å². The highest BCUT2D eigenvalue weighted by Gasteiger charge is 1.98. The summed E-state index contributed by atoms with van der Waals surface area (Å²) in [5.41, 5.74) is 1.03. The standard InChI is InChI=1S/C9H10O2S/c10-5-1-2-8-4-7-12-9(8)3-6-11/h1-2,4-5,7,11H,3,6H2. The summed E-state index contributed by atoms with van der Waals surface area (Å²) < 4.78 is 0. The lowest BCUT2D eigenvalue weighted by Gasteiger charge is -1.93. The minimum Gasteiger partial charge on any atom is -0.396 e. The first-order valence-electron chi connectivity index (χ1n) is 3.67. The molecule has 0 aliphatic carbocycles. The van der Waals surface area contributed by atoms with E-state index in [1.165, 1.54) is 6.08 Å². The predicted molar refractivity (Wildman–Crippen MR) is 50.2 cm³/mol. The predicted octanol–water partition coefficient (Wildman–Crippen LogP) is 1.49. The van der Waals surface area contributed by atoms with E-state index in [1.807, 2.05) is 11.4 Å². The second-order valence-corrected chi connectivity index (χ2v) is 3.27. The van der Waals surface area contributed by atoms with Crippen LogP contribution in [0.1, 0.15) is 10.4 Å². The Hall–Kier alpha value is -0.930. The number of carbonyl (C=O) groups is 1. The van der Waals surface area contributed by atoms with Crippen LogP contribution in [0, 0.1) is 0 Å². The molecule has 2 nitrogen and oxygen atoms in total. The molecule has 0 unspecified atom stereocenters. The fourth-order valence-corrected chi connectivity index (χ4v) is 1.81. The average Bonchev–Trinajstić information content (AvgIpc) is 2.50. The topological polar surface area (TPSA) is 37.3 Å². The Morgan fingerprint density at radius 3 is 3.08 bits per heavy atom. The molecule has 1 aromatic rings. The summed E-state index contributed by atoms with van der Waals surface area (Å²) in [6, 6.07) is 1.94. The summed E-state index contributed by atoms with van der Waals surface area (Å²) in [7, 11) is 0. The highest BCUT2D eigenvalue weighted by atomic mass is 32.1. The van der Waals surface area contributed by atoms with Crippen LogP contribution in [0.4, 0.5) is 0 Å². The Balaban J connectivity index is 2.76. The van der Waals surface area contributed by atoms with Gasteiger partial charge in [0.15, 0.2) is 0 Å². The first kappa shape index (κ1) is 9.16. The fraction of sp³-hybridized carbons (Fsp3) is 0.222. The lowest BCUT2D eigenvalue weighted by atomic mass is 10.2. The lowest BCUT2D eigenvalue weighted by Crippen LogP contribution is -1.88. The van der Waals surface area contributed by atoms with E-state index in [4.69, 9.17) is 5.11 Å². The smallest absolute Gasteiger partial charge is 0.142 e. The molecule has 0 spiro atoms. The lowest BCUT2D eigenvalue weighted by molar-refractivity contribution is -0.104. The second-order valence-electron chi connectivity index (χ2n) is 2.27. The van der Waals surface area contributed by atoms with Gasteiger partial charge in [0.25, 0.3) is 0 Å². The van der Waals surface area contributed by atoms with Crippen molar-refractivity contribution >= 4 is 23.7 Å². The molecule has 0 aromatic carbocycles. The minimum absolute atomic E-state index is 0.155. The molecule has 1 rings (SSSR count). The van der Waals surface area contributed by atoms with E-state index in [9.17, 15) is 4.79 Å². The van der Waals surface area contributed by atoms with E-state index in [1.54, 1.807) is 17.4 Å². The van der Waals surface area contributed by atoms with Gasteiger partial charge in [0, 0.05) is 17.9 Å². The van der Waals surface area contributed by atoms with Gasteiger partial charge in [-0.15, -0.1) is 11.3 Å². The number of thiophene rings is 1. The molecule has 0 amide bonds. The van der Waals surface area contributed by atoms with Gasteiger partial charge in [0.1, 0.15) is 6.29 Å². The second kappa shape index (κ2) is 4.85. The van der Waals surface area contributed by atoms with Crippen LogP contribution in [0.25, 0.3) is 6.08 Å². The highest BCUT2D eigenvalue weighted by molar-refractivity contribution is 7.10. The third-order valence-electron chi connectivity index (χ3n) is 1.47. The van der Waals surface area contributed by atoms with Crippen molar-refractivity contribution in [3.8, 4) is 0 Å². The van der Waals surface area contributed by atoms with Crippen LogP contribution >= 0.6 is 11.3 Å². The van der Waals surface area contributed by atoms with Gasteiger partial charge in [-0.1, -0.05) is 6.08 Å². The molecule has 1 heterocycles. The number of hydrogen-bond donors (Lipinski definition) is 1. The quantitative estimate of drug-likeness (QED) is 0.566. The molecule has 0 aliphatic rings. The van der Waals surface area contributed by atoms with Gasteiger partial charge in [0.2, 0.25) is 0 Å². The summed E-state index contributed by atoms with van der Waals surface area (Å²) >= 11 is 1.60. The van der Waals surface area contributed by atoms with Crippen molar-refractivity contribution in [1.82, 2.24) is 0 Å². The number of aldehydes is 1. The Labute approximate surface area is 75.2 Å². The normalized spacial score (nSPS) is 10.8. The van der Waals surface area contributed by atoms with Crippen molar-refractivity contribution in [1.29, 1.82) is 0 Å². The molecule has 0 fully saturated rings. The van der Waals surface area contributed by atoms with Crippen LogP contribution < -0.4 is 0 Å². The van der Waals surface area contributed by atoms with E-state index in [2.05, 4.69) is 0 Å². The number of rotatable bonds is 4. The molecule has 0 aliphatic heterocycles. The number of hydrogen-bond acceptors (Lipinski definition) is 3. The number of carbonyl (C=O) groups excluding carboxylic acids is 1. The van der Waals surface area contributed by atoms with Gasteiger partial charge < -0.3 is 5.11 Å². The molecule has 12 heavy (non-hydrogen) atoms. The third kappa shape index (κ3) is 2.29. The van der Waals surface area contributed by atoms with Crippen LogP contribution in [-0.4, -0.2) is 18.0 Å². The average molecular weight is 182 g/mol. The van der Waals surface area contributed by atoms with Crippen molar-refractivity contribution in [3.63, 3.8) is 0 Å². The maximum absolute atomic E-state index is 10.0. The van der Waals surface area contributed by atoms with E-state index < -0.39 is 0 Å². The van der Waals surface area contributed by atoms with Gasteiger partial charge in [0.05, 0.1) is 0 Å². The largest absolute Gasteiger partial charge is 0.396 e. The van der Waals surface area contributed by atoms with Crippen molar-refractivity contribution in [3.05, 3.63) is 28.0 Å². The molecule has 3 heteroatoms. The third-order valence-corrected chi connectivity index (χ3v) is 2.47. The van der Waals surface area contributed by atoms with E-state index in [-0.39, 0.29) is 6.61 Å². The van der Waals surface area contributed by atoms with Crippen molar-refractivity contribution in [2.24, 2.45) is 0 Å². The van der Waals surface area contributed by atoms with Crippen LogP contribution in [0.15, 0.2) is 17.5 Å². The Kier molecular flexibility index (Phi) is 3.70. The van der Waals surface area contributed by atoms with Crippen LogP contribution in [-0.2, 0) is 11.2 Å². The fourth-order valence-electron chi connectivity index (χ4n) is 0.947.